The smallest absolute Gasteiger partial charge is 0.227 e. The predicted octanol–water partition coefficient (Wildman–Crippen LogP) is 2.70. The Kier molecular flexibility index (Phi) is 5.48. The Balaban J connectivity index is 3.06. The first-order valence-electron chi connectivity index (χ1n) is 6.18. The van der Waals surface area contributed by atoms with Crippen molar-refractivity contribution in [2.75, 3.05) is 26.6 Å². The summed E-state index contributed by atoms with van der Waals surface area (Å²) in [6.45, 7) is 3.85. The van der Waals surface area contributed by atoms with Gasteiger partial charge in [0.05, 0.1) is 21.3 Å². The number of methoxy groups -OCH3 is 3. The van der Waals surface area contributed by atoms with Gasteiger partial charge in [0, 0.05) is 23.7 Å². The van der Waals surface area contributed by atoms with E-state index in [1.54, 1.807) is 12.1 Å². The van der Waals surface area contributed by atoms with Crippen molar-refractivity contribution in [3.05, 3.63) is 12.1 Å². The standard InChI is InChI=1S/C14H21NO4/c1-6-9(2)14(16)15-10-7-11(17-3)13(19-5)12(8-10)18-4/h7-9H,6H2,1-5H3,(H,15,16). The molecule has 1 rings (SSSR count). The number of amides is 1. The highest BCUT2D eigenvalue weighted by atomic mass is 16.5. The van der Waals surface area contributed by atoms with E-state index in [9.17, 15) is 4.79 Å². The minimum absolute atomic E-state index is 0.0308. The summed E-state index contributed by atoms with van der Waals surface area (Å²) in [5, 5.41) is 2.84. The molecule has 0 aromatic heterocycles. The van der Waals surface area contributed by atoms with Gasteiger partial charge in [-0.05, 0) is 6.42 Å². The van der Waals surface area contributed by atoms with Crippen molar-refractivity contribution in [1.82, 2.24) is 0 Å². The molecule has 1 aromatic carbocycles. The van der Waals surface area contributed by atoms with Crippen molar-refractivity contribution in [2.45, 2.75) is 20.3 Å². The molecular formula is C14H21NO4. The molecule has 106 valence electrons. The monoisotopic (exact) mass is 267 g/mol. The van der Waals surface area contributed by atoms with Crippen molar-refractivity contribution in [2.24, 2.45) is 5.92 Å². The highest BCUT2D eigenvalue weighted by Crippen LogP contribution is 2.39. The van der Waals surface area contributed by atoms with Crippen LogP contribution in [0.3, 0.4) is 0 Å². The van der Waals surface area contributed by atoms with E-state index in [1.807, 2.05) is 13.8 Å². The summed E-state index contributed by atoms with van der Waals surface area (Å²) in [7, 11) is 4.62. The third kappa shape index (κ3) is 3.53. The highest BCUT2D eigenvalue weighted by Gasteiger charge is 2.16. The summed E-state index contributed by atoms with van der Waals surface area (Å²) in [5.41, 5.74) is 0.625. The van der Waals surface area contributed by atoms with Crippen molar-refractivity contribution in [1.29, 1.82) is 0 Å². The van der Waals surface area contributed by atoms with E-state index in [0.717, 1.165) is 6.42 Å². The Labute approximate surface area is 113 Å². The SMILES string of the molecule is CCC(C)C(=O)Nc1cc(OC)c(OC)c(OC)c1. The van der Waals surface area contributed by atoms with Crippen molar-refractivity contribution in [3.8, 4) is 17.2 Å². The minimum Gasteiger partial charge on any atom is -0.493 e. The second kappa shape index (κ2) is 6.87. The van der Waals surface area contributed by atoms with Gasteiger partial charge in [0.15, 0.2) is 11.5 Å². The zero-order chi connectivity index (χ0) is 14.4. The number of hydrogen-bond donors (Lipinski definition) is 1. The van der Waals surface area contributed by atoms with E-state index < -0.39 is 0 Å². The summed E-state index contributed by atoms with van der Waals surface area (Å²) in [6.07, 6.45) is 0.788. The first-order valence-corrected chi connectivity index (χ1v) is 6.18. The van der Waals surface area contributed by atoms with Gasteiger partial charge in [-0.3, -0.25) is 4.79 Å². The third-order valence-electron chi connectivity index (χ3n) is 2.99. The van der Waals surface area contributed by atoms with Crippen LogP contribution >= 0.6 is 0 Å². The van der Waals surface area contributed by atoms with Crippen molar-refractivity contribution in [3.63, 3.8) is 0 Å². The van der Waals surface area contributed by atoms with Gasteiger partial charge in [0.25, 0.3) is 0 Å². The molecule has 0 aliphatic heterocycles. The molecule has 0 aliphatic rings. The van der Waals surface area contributed by atoms with Gasteiger partial charge in [0.2, 0.25) is 11.7 Å². The van der Waals surface area contributed by atoms with Crippen LogP contribution in [-0.2, 0) is 4.79 Å². The average molecular weight is 267 g/mol. The van der Waals surface area contributed by atoms with E-state index in [2.05, 4.69) is 5.32 Å². The fourth-order valence-electron chi connectivity index (χ4n) is 1.60. The fourth-order valence-corrected chi connectivity index (χ4v) is 1.60. The molecule has 19 heavy (non-hydrogen) atoms. The number of anilines is 1. The van der Waals surface area contributed by atoms with Crippen LogP contribution in [0.4, 0.5) is 5.69 Å². The lowest BCUT2D eigenvalue weighted by Crippen LogP contribution is -2.19. The van der Waals surface area contributed by atoms with Crippen molar-refractivity contribution >= 4 is 11.6 Å². The largest absolute Gasteiger partial charge is 0.493 e. The van der Waals surface area contributed by atoms with Crippen LogP contribution in [0, 0.1) is 5.92 Å². The lowest BCUT2D eigenvalue weighted by molar-refractivity contribution is -0.119. The molecule has 1 N–H and O–H groups in total. The summed E-state index contributed by atoms with van der Waals surface area (Å²) in [4.78, 5) is 11.9. The molecule has 0 bridgehead atoms. The lowest BCUT2D eigenvalue weighted by Gasteiger charge is -2.15. The second-order valence-electron chi connectivity index (χ2n) is 4.21. The van der Waals surface area contributed by atoms with Gasteiger partial charge in [-0.1, -0.05) is 13.8 Å². The van der Waals surface area contributed by atoms with Crippen LogP contribution in [-0.4, -0.2) is 27.2 Å². The predicted molar refractivity (Wildman–Crippen MR) is 74.2 cm³/mol. The van der Waals surface area contributed by atoms with Gasteiger partial charge in [0.1, 0.15) is 0 Å². The Hall–Kier alpha value is -1.91. The van der Waals surface area contributed by atoms with Crippen LogP contribution in [0.15, 0.2) is 12.1 Å². The van der Waals surface area contributed by atoms with Crippen LogP contribution < -0.4 is 19.5 Å². The Bertz CT molecular complexity index is 420. The molecule has 1 unspecified atom stereocenters. The molecule has 1 aromatic rings. The molecule has 1 amide bonds. The molecule has 0 fully saturated rings. The number of ether oxygens (including phenoxy) is 3. The maximum absolute atomic E-state index is 11.9. The Morgan fingerprint density at radius 3 is 2.05 bits per heavy atom. The number of carbonyl (C=O) groups is 1. The molecule has 0 saturated heterocycles. The minimum atomic E-state index is -0.0425. The van der Waals surface area contributed by atoms with Gasteiger partial charge in [-0.25, -0.2) is 0 Å². The second-order valence-corrected chi connectivity index (χ2v) is 4.21. The van der Waals surface area contributed by atoms with E-state index in [4.69, 9.17) is 14.2 Å². The number of benzene rings is 1. The fraction of sp³-hybridized carbons (Fsp3) is 0.500. The molecular weight excluding hydrogens is 246 g/mol. The van der Waals surface area contributed by atoms with Gasteiger partial charge in [-0.15, -0.1) is 0 Å². The summed E-state index contributed by atoms with van der Waals surface area (Å²) in [6, 6.07) is 3.42. The topological polar surface area (TPSA) is 56.8 Å². The first kappa shape index (κ1) is 15.1. The molecule has 0 radical (unpaired) electrons. The zero-order valence-electron chi connectivity index (χ0n) is 12.1. The van der Waals surface area contributed by atoms with Crippen LogP contribution in [0.25, 0.3) is 0 Å². The maximum Gasteiger partial charge on any atom is 0.227 e. The van der Waals surface area contributed by atoms with E-state index >= 15 is 0 Å². The van der Waals surface area contributed by atoms with Crippen LogP contribution in [0.2, 0.25) is 0 Å². The van der Waals surface area contributed by atoms with E-state index in [1.165, 1.54) is 21.3 Å². The first-order chi connectivity index (χ1) is 9.07. The Morgan fingerprint density at radius 2 is 1.68 bits per heavy atom. The third-order valence-corrected chi connectivity index (χ3v) is 2.99. The maximum atomic E-state index is 11.9. The van der Waals surface area contributed by atoms with E-state index in [0.29, 0.717) is 22.9 Å². The lowest BCUT2D eigenvalue weighted by atomic mass is 10.1. The zero-order valence-corrected chi connectivity index (χ0v) is 12.1. The average Bonchev–Trinajstić information content (AvgIpc) is 2.44. The molecule has 0 aliphatic carbocycles. The van der Waals surface area contributed by atoms with Gasteiger partial charge < -0.3 is 19.5 Å². The Morgan fingerprint density at radius 1 is 1.16 bits per heavy atom. The summed E-state index contributed by atoms with van der Waals surface area (Å²) < 4.78 is 15.7. The number of carbonyl (C=O) groups excluding carboxylic acids is 1. The summed E-state index contributed by atoms with van der Waals surface area (Å²) in [5.74, 6) is 1.46. The van der Waals surface area contributed by atoms with Crippen LogP contribution in [0.1, 0.15) is 20.3 Å². The number of hydrogen-bond acceptors (Lipinski definition) is 4. The van der Waals surface area contributed by atoms with Gasteiger partial charge >= 0.3 is 0 Å². The highest BCUT2D eigenvalue weighted by molar-refractivity contribution is 5.93. The quantitative estimate of drug-likeness (QED) is 0.861. The molecule has 0 saturated carbocycles. The van der Waals surface area contributed by atoms with Gasteiger partial charge in [-0.2, -0.15) is 0 Å². The molecule has 0 spiro atoms. The molecule has 0 heterocycles. The molecule has 1 atom stereocenters. The molecule has 5 heteroatoms. The normalized spacial score (nSPS) is 11.6. The van der Waals surface area contributed by atoms with Crippen LogP contribution in [0.5, 0.6) is 17.2 Å². The molecule has 5 nitrogen and oxygen atoms in total. The van der Waals surface area contributed by atoms with Crippen molar-refractivity contribution < 1.29 is 19.0 Å². The van der Waals surface area contributed by atoms with E-state index in [-0.39, 0.29) is 11.8 Å². The number of rotatable bonds is 6. The number of nitrogens with one attached hydrogen (secondary N) is 1. The summed E-state index contributed by atoms with van der Waals surface area (Å²) >= 11 is 0.